The van der Waals surface area contributed by atoms with E-state index in [0.29, 0.717) is 0 Å². The molecule has 0 rings (SSSR count). The number of aliphatic hydroxyl groups excluding tert-OH is 4. The van der Waals surface area contributed by atoms with Crippen LogP contribution in [-0.4, -0.2) is 58.6 Å². The Kier molecular flexibility index (Phi) is 6.13. The summed E-state index contributed by atoms with van der Waals surface area (Å²) in [5.41, 5.74) is 5.37. The van der Waals surface area contributed by atoms with Crippen LogP contribution in [0.5, 0.6) is 0 Å². The van der Waals surface area contributed by atoms with Crippen molar-refractivity contribution in [2.24, 2.45) is 5.73 Å². The summed E-state index contributed by atoms with van der Waals surface area (Å²) in [6, 6.07) is 0. The highest BCUT2D eigenvalue weighted by Crippen LogP contribution is 2.04. The fourth-order valence-electron chi connectivity index (χ4n) is 0.903. The number of nitrogens with one attached hydrogen (secondary N) is 1. The van der Waals surface area contributed by atoms with E-state index < -0.39 is 31.1 Å². The standard InChI is InChI=1S/C7H18N2O4/c1-9-7(8)6(13)5(12)2-4(11)3-10/h4-7,9-13H,2-3,8H2,1H3. The molecular formula is C7H18N2O4. The molecule has 13 heavy (non-hydrogen) atoms. The zero-order valence-corrected chi connectivity index (χ0v) is 7.59. The fraction of sp³-hybridized carbons (Fsp3) is 1.00. The van der Waals surface area contributed by atoms with Gasteiger partial charge in [0.15, 0.2) is 0 Å². The van der Waals surface area contributed by atoms with Crippen molar-refractivity contribution in [2.45, 2.75) is 30.9 Å². The van der Waals surface area contributed by atoms with Crippen LogP contribution < -0.4 is 11.1 Å². The van der Waals surface area contributed by atoms with Gasteiger partial charge in [0.25, 0.3) is 0 Å². The van der Waals surface area contributed by atoms with Gasteiger partial charge in [-0.25, -0.2) is 0 Å². The van der Waals surface area contributed by atoms with Crippen LogP contribution in [0.15, 0.2) is 0 Å². The monoisotopic (exact) mass is 194 g/mol. The maximum atomic E-state index is 9.30. The van der Waals surface area contributed by atoms with Gasteiger partial charge in [0.1, 0.15) is 6.10 Å². The van der Waals surface area contributed by atoms with Crippen molar-refractivity contribution in [1.29, 1.82) is 0 Å². The molecule has 0 bridgehead atoms. The Hall–Kier alpha value is -0.240. The Bertz CT molecular complexity index is 136. The maximum Gasteiger partial charge on any atom is 0.108 e. The molecule has 0 spiro atoms. The van der Waals surface area contributed by atoms with E-state index in [2.05, 4.69) is 5.32 Å². The van der Waals surface area contributed by atoms with Crippen LogP contribution in [-0.2, 0) is 0 Å². The maximum absolute atomic E-state index is 9.30. The van der Waals surface area contributed by atoms with E-state index >= 15 is 0 Å². The second-order valence-electron chi connectivity index (χ2n) is 2.94. The third-order valence-corrected chi connectivity index (χ3v) is 1.82. The number of nitrogens with two attached hydrogens (primary N) is 1. The molecule has 0 saturated heterocycles. The number of likely N-dealkylation sites (N-methyl/N-ethyl adjacent to an activating group) is 1. The Morgan fingerprint density at radius 2 is 1.85 bits per heavy atom. The second kappa shape index (κ2) is 6.25. The Balaban J connectivity index is 3.87. The Morgan fingerprint density at radius 3 is 2.23 bits per heavy atom. The van der Waals surface area contributed by atoms with Gasteiger partial charge in [-0.05, 0) is 7.05 Å². The molecule has 0 radical (unpaired) electrons. The zero-order chi connectivity index (χ0) is 10.4. The van der Waals surface area contributed by atoms with Crippen molar-refractivity contribution in [3.05, 3.63) is 0 Å². The van der Waals surface area contributed by atoms with E-state index in [1.165, 1.54) is 0 Å². The first-order valence-electron chi connectivity index (χ1n) is 4.10. The van der Waals surface area contributed by atoms with Gasteiger partial charge < -0.3 is 31.5 Å². The lowest BCUT2D eigenvalue weighted by Gasteiger charge is -2.24. The summed E-state index contributed by atoms with van der Waals surface area (Å²) in [5, 5.41) is 38.6. The molecule has 0 aromatic rings. The predicted molar refractivity (Wildman–Crippen MR) is 46.8 cm³/mol. The van der Waals surface area contributed by atoms with Crippen LogP contribution in [0.4, 0.5) is 0 Å². The minimum atomic E-state index is -1.16. The number of aliphatic hydroxyl groups is 4. The van der Waals surface area contributed by atoms with E-state index in [-0.39, 0.29) is 6.42 Å². The first-order chi connectivity index (χ1) is 6.02. The van der Waals surface area contributed by atoms with Crippen LogP contribution in [0.2, 0.25) is 0 Å². The molecule has 0 amide bonds. The average molecular weight is 194 g/mol. The smallest absolute Gasteiger partial charge is 0.108 e. The lowest BCUT2D eigenvalue weighted by molar-refractivity contribution is -0.0362. The number of rotatable bonds is 6. The van der Waals surface area contributed by atoms with Crippen molar-refractivity contribution in [3.63, 3.8) is 0 Å². The third-order valence-electron chi connectivity index (χ3n) is 1.82. The highest BCUT2D eigenvalue weighted by molar-refractivity contribution is 4.77. The second-order valence-corrected chi connectivity index (χ2v) is 2.94. The van der Waals surface area contributed by atoms with Gasteiger partial charge in [0, 0.05) is 6.42 Å². The molecule has 0 aliphatic heterocycles. The molecular weight excluding hydrogens is 176 g/mol. The van der Waals surface area contributed by atoms with Crippen LogP contribution in [0.25, 0.3) is 0 Å². The fourth-order valence-corrected chi connectivity index (χ4v) is 0.903. The van der Waals surface area contributed by atoms with Crippen LogP contribution in [0, 0.1) is 0 Å². The lowest BCUT2D eigenvalue weighted by atomic mass is 10.1. The van der Waals surface area contributed by atoms with Gasteiger partial charge in [0.05, 0.1) is 25.0 Å². The number of hydrogen-bond donors (Lipinski definition) is 6. The SMILES string of the molecule is CNC(N)C(O)C(O)CC(O)CO. The van der Waals surface area contributed by atoms with Crippen LogP contribution in [0.3, 0.4) is 0 Å². The first kappa shape index (κ1) is 12.8. The van der Waals surface area contributed by atoms with Crippen molar-refractivity contribution in [1.82, 2.24) is 5.32 Å². The van der Waals surface area contributed by atoms with Gasteiger partial charge in [-0.2, -0.15) is 0 Å². The molecule has 7 N–H and O–H groups in total. The minimum Gasteiger partial charge on any atom is -0.394 e. The molecule has 4 unspecified atom stereocenters. The molecule has 80 valence electrons. The average Bonchev–Trinajstić information content (AvgIpc) is 2.14. The molecule has 0 fully saturated rings. The molecule has 4 atom stereocenters. The number of hydrogen-bond acceptors (Lipinski definition) is 6. The minimum absolute atomic E-state index is 0.104. The third kappa shape index (κ3) is 4.51. The molecule has 6 heteroatoms. The quantitative estimate of drug-likeness (QED) is 0.250. The summed E-state index contributed by atoms with van der Waals surface area (Å²) in [7, 11) is 1.54. The van der Waals surface area contributed by atoms with E-state index in [0.717, 1.165) is 0 Å². The van der Waals surface area contributed by atoms with Crippen molar-refractivity contribution >= 4 is 0 Å². The van der Waals surface area contributed by atoms with Gasteiger partial charge >= 0.3 is 0 Å². The molecule has 0 aromatic carbocycles. The molecule has 0 aliphatic rings. The summed E-state index contributed by atoms with van der Waals surface area (Å²) in [6.07, 6.45) is -4.20. The summed E-state index contributed by atoms with van der Waals surface area (Å²) in [4.78, 5) is 0. The molecule has 6 nitrogen and oxygen atoms in total. The Morgan fingerprint density at radius 1 is 1.31 bits per heavy atom. The molecule has 0 aliphatic carbocycles. The van der Waals surface area contributed by atoms with E-state index in [9.17, 15) is 10.2 Å². The largest absolute Gasteiger partial charge is 0.394 e. The molecule has 0 heterocycles. The highest BCUT2D eigenvalue weighted by Gasteiger charge is 2.24. The predicted octanol–water partition coefficient (Wildman–Crippen LogP) is -3.04. The Labute approximate surface area is 77.0 Å². The van der Waals surface area contributed by atoms with Gasteiger partial charge in [-0.3, -0.25) is 0 Å². The van der Waals surface area contributed by atoms with Crippen LogP contribution >= 0.6 is 0 Å². The lowest BCUT2D eigenvalue weighted by Crippen LogP contribution is -2.51. The van der Waals surface area contributed by atoms with Crippen molar-refractivity contribution < 1.29 is 20.4 Å². The summed E-state index contributed by atoms with van der Waals surface area (Å²) in [6.45, 7) is -0.446. The summed E-state index contributed by atoms with van der Waals surface area (Å²) >= 11 is 0. The molecule has 0 saturated carbocycles. The zero-order valence-electron chi connectivity index (χ0n) is 7.59. The first-order valence-corrected chi connectivity index (χ1v) is 4.10. The van der Waals surface area contributed by atoms with Gasteiger partial charge in [-0.15, -0.1) is 0 Å². The molecule has 0 aromatic heterocycles. The summed E-state index contributed by atoms with van der Waals surface area (Å²) < 4.78 is 0. The van der Waals surface area contributed by atoms with E-state index in [4.69, 9.17) is 15.9 Å². The summed E-state index contributed by atoms with van der Waals surface area (Å²) in [5.74, 6) is 0. The van der Waals surface area contributed by atoms with Gasteiger partial charge in [-0.1, -0.05) is 0 Å². The van der Waals surface area contributed by atoms with Crippen LogP contribution in [0.1, 0.15) is 6.42 Å². The highest BCUT2D eigenvalue weighted by atomic mass is 16.3. The topological polar surface area (TPSA) is 119 Å². The normalized spacial score (nSPS) is 20.8. The van der Waals surface area contributed by atoms with E-state index in [1.807, 2.05) is 0 Å². The van der Waals surface area contributed by atoms with E-state index in [1.54, 1.807) is 7.05 Å². The van der Waals surface area contributed by atoms with Crippen molar-refractivity contribution in [3.8, 4) is 0 Å². The van der Waals surface area contributed by atoms with Gasteiger partial charge in [0.2, 0.25) is 0 Å². The van der Waals surface area contributed by atoms with Crippen molar-refractivity contribution in [2.75, 3.05) is 13.7 Å².